The number of nitroso groups, excluding NO2 is 1. The van der Waals surface area contributed by atoms with Gasteiger partial charge in [0, 0.05) is 5.41 Å². The smallest absolute Gasteiger partial charge is 0.250 e. The maximum absolute atomic E-state index is 12.8. The molecule has 0 aromatic carbocycles. The number of rotatable bonds is 4. The molecule has 14 heavy (non-hydrogen) atoms. The molecule has 1 saturated carbocycles. The third-order valence-electron chi connectivity index (χ3n) is 3.10. The summed E-state index contributed by atoms with van der Waals surface area (Å²) < 4.78 is 37.7. The van der Waals surface area contributed by atoms with Crippen molar-refractivity contribution in [3.05, 3.63) is 4.91 Å². The van der Waals surface area contributed by atoms with E-state index in [1.165, 1.54) is 0 Å². The molecule has 0 amide bonds. The van der Waals surface area contributed by atoms with Gasteiger partial charge < -0.3 is 0 Å². The molecule has 0 aromatic rings. The van der Waals surface area contributed by atoms with Gasteiger partial charge in [-0.2, -0.15) is 4.91 Å². The predicted molar refractivity (Wildman–Crippen MR) is 47.1 cm³/mol. The maximum Gasteiger partial charge on any atom is 0.264 e. The van der Waals surface area contributed by atoms with Crippen LogP contribution < -0.4 is 0 Å². The van der Waals surface area contributed by atoms with E-state index < -0.39 is 24.6 Å². The molecule has 1 fully saturated rings. The Labute approximate surface area is 80.8 Å². The lowest BCUT2D eigenvalue weighted by atomic mass is 9.70. The molecule has 1 unspecified atom stereocenters. The van der Waals surface area contributed by atoms with Crippen LogP contribution in [0.15, 0.2) is 5.18 Å². The van der Waals surface area contributed by atoms with Crippen LogP contribution >= 0.6 is 0 Å². The van der Waals surface area contributed by atoms with Crippen LogP contribution in [0.25, 0.3) is 0 Å². The SMILES string of the molecule is O=NC(C(F)F)C1(CF)CCCCC1. The summed E-state index contributed by atoms with van der Waals surface area (Å²) in [6, 6.07) is -1.67. The van der Waals surface area contributed by atoms with Crippen LogP contribution in [0.2, 0.25) is 0 Å². The van der Waals surface area contributed by atoms with Crippen molar-refractivity contribution in [2.45, 2.75) is 44.6 Å². The highest BCUT2D eigenvalue weighted by molar-refractivity contribution is 4.94. The standard InChI is InChI=1S/C9H14F3NO/c10-6-9(4-2-1-3-5-9)7(13-14)8(11)12/h7-8H,1-6H2. The van der Waals surface area contributed by atoms with E-state index in [2.05, 4.69) is 5.18 Å². The van der Waals surface area contributed by atoms with Gasteiger partial charge in [-0.3, -0.25) is 4.39 Å². The van der Waals surface area contributed by atoms with Crippen LogP contribution in [0, 0.1) is 10.3 Å². The number of nitrogens with zero attached hydrogens (tertiary/aromatic N) is 1. The first-order valence-corrected chi connectivity index (χ1v) is 4.83. The maximum atomic E-state index is 12.8. The first kappa shape index (κ1) is 11.5. The van der Waals surface area contributed by atoms with Gasteiger partial charge >= 0.3 is 0 Å². The second-order valence-corrected chi connectivity index (χ2v) is 3.94. The lowest BCUT2D eigenvalue weighted by Crippen LogP contribution is -2.42. The first-order chi connectivity index (χ1) is 6.66. The van der Waals surface area contributed by atoms with Crippen LogP contribution in [-0.4, -0.2) is 19.1 Å². The minimum atomic E-state index is -2.85. The van der Waals surface area contributed by atoms with E-state index in [1.807, 2.05) is 0 Å². The minimum Gasteiger partial charge on any atom is -0.250 e. The van der Waals surface area contributed by atoms with Crippen LogP contribution in [0.1, 0.15) is 32.1 Å². The molecule has 0 spiro atoms. The molecular formula is C9H14F3NO. The lowest BCUT2D eigenvalue weighted by molar-refractivity contribution is 0.00585. The number of halogens is 3. The van der Waals surface area contributed by atoms with Crippen LogP contribution in [0.5, 0.6) is 0 Å². The van der Waals surface area contributed by atoms with Gasteiger partial charge in [0.2, 0.25) is 0 Å². The van der Waals surface area contributed by atoms with Crippen molar-refractivity contribution in [2.75, 3.05) is 6.67 Å². The normalized spacial score (nSPS) is 23.4. The molecule has 0 radical (unpaired) electrons. The summed E-state index contributed by atoms with van der Waals surface area (Å²) in [5, 5.41) is 2.41. The highest BCUT2D eigenvalue weighted by Crippen LogP contribution is 2.43. The Bertz CT molecular complexity index is 192. The molecule has 1 aliphatic carbocycles. The molecule has 0 saturated heterocycles. The summed E-state index contributed by atoms with van der Waals surface area (Å²) in [5.41, 5.74) is -1.19. The van der Waals surface area contributed by atoms with E-state index in [9.17, 15) is 18.1 Å². The van der Waals surface area contributed by atoms with E-state index >= 15 is 0 Å². The van der Waals surface area contributed by atoms with Gasteiger partial charge in [-0.1, -0.05) is 24.4 Å². The molecule has 5 heteroatoms. The quantitative estimate of drug-likeness (QED) is 0.653. The van der Waals surface area contributed by atoms with Gasteiger partial charge in [-0.05, 0) is 12.8 Å². The van der Waals surface area contributed by atoms with Crippen molar-refractivity contribution in [1.82, 2.24) is 0 Å². The van der Waals surface area contributed by atoms with E-state index in [0.29, 0.717) is 25.7 Å². The second kappa shape index (κ2) is 4.75. The van der Waals surface area contributed by atoms with E-state index in [1.54, 1.807) is 0 Å². The van der Waals surface area contributed by atoms with Crippen molar-refractivity contribution in [1.29, 1.82) is 0 Å². The van der Waals surface area contributed by atoms with Gasteiger partial charge in [0.15, 0.2) is 6.04 Å². The van der Waals surface area contributed by atoms with E-state index in [0.717, 1.165) is 6.42 Å². The van der Waals surface area contributed by atoms with Crippen molar-refractivity contribution in [3.8, 4) is 0 Å². The fourth-order valence-electron chi connectivity index (χ4n) is 2.19. The monoisotopic (exact) mass is 209 g/mol. The third kappa shape index (κ3) is 2.07. The number of hydrogen-bond acceptors (Lipinski definition) is 2. The molecular weight excluding hydrogens is 195 g/mol. The number of alkyl halides is 3. The van der Waals surface area contributed by atoms with Gasteiger partial charge in [0.25, 0.3) is 6.43 Å². The van der Waals surface area contributed by atoms with Gasteiger partial charge in [0.05, 0.1) is 6.67 Å². The zero-order valence-corrected chi connectivity index (χ0v) is 7.89. The molecule has 82 valence electrons. The highest BCUT2D eigenvalue weighted by atomic mass is 19.3. The summed E-state index contributed by atoms with van der Waals surface area (Å²) in [5.74, 6) is 0. The number of hydrogen-bond donors (Lipinski definition) is 0. The molecule has 0 aromatic heterocycles. The van der Waals surface area contributed by atoms with Crippen LogP contribution in [-0.2, 0) is 0 Å². The van der Waals surface area contributed by atoms with Crippen LogP contribution in [0.3, 0.4) is 0 Å². The average molecular weight is 209 g/mol. The first-order valence-electron chi connectivity index (χ1n) is 4.83. The Kier molecular flexibility index (Phi) is 3.89. The largest absolute Gasteiger partial charge is 0.264 e. The molecule has 1 atom stereocenters. The summed E-state index contributed by atoms with van der Waals surface area (Å²) in [6.45, 7) is -0.867. The van der Waals surface area contributed by atoms with Crippen molar-refractivity contribution >= 4 is 0 Å². The Balaban J connectivity index is 2.79. The third-order valence-corrected chi connectivity index (χ3v) is 3.10. The molecule has 0 heterocycles. The van der Waals surface area contributed by atoms with Crippen molar-refractivity contribution < 1.29 is 13.2 Å². The van der Waals surface area contributed by atoms with Gasteiger partial charge in [-0.15, -0.1) is 0 Å². The van der Waals surface area contributed by atoms with Crippen molar-refractivity contribution in [3.63, 3.8) is 0 Å². The predicted octanol–water partition coefficient (Wildman–Crippen LogP) is 3.31. The summed E-state index contributed by atoms with van der Waals surface area (Å²) in [4.78, 5) is 10.3. The fraction of sp³-hybridized carbons (Fsp3) is 1.00. The highest BCUT2D eigenvalue weighted by Gasteiger charge is 2.46. The zero-order valence-electron chi connectivity index (χ0n) is 7.89. The Morgan fingerprint density at radius 2 is 1.79 bits per heavy atom. The van der Waals surface area contributed by atoms with Gasteiger partial charge in [0.1, 0.15) is 0 Å². The topological polar surface area (TPSA) is 29.4 Å². The fourth-order valence-corrected chi connectivity index (χ4v) is 2.19. The van der Waals surface area contributed by atoms with E-state index in [4.69, 9.17) is 0 Å². The molecule has 0 N–H and O–H groups in total. The second-order valence-electron chi connectivity index (χ2n) is 3.94. The molecule has 2 nitrogen and oxygen atoms in total. The Morgan fingerprint density at radius 1 is 1.21 bits per heavy atom. The Morgan fingerprint density at radius 3 is 2.14 bits per heavy atom. The van der Waals surface area contributed by atoms with Crippen LogP contribution in [0.4, 0.5) is 13.2 Å². The minimum absolute atomic E-state index is 0.351. The van der Waals surface area contributed by atoms with Crippen molar-refractivity contribution in [2.24, 2.45) is 10.6 Å². The average Bonchev–Trinajstić information content (AvgIpc) is 2.19. The van der Waals surface area contributed by atoms with Gasteiger partial charge in [-0.25, -0.2) is 8.78 Å². The molecule has 1 rings (SSSR count). The lowest BCUT2D eigenvalue weighted by Gasteiger charge is -2.37. The summed E-state index contributed by atoms with van der Waals surface area (Å²) in [6.07, 6.45) is 0.206. The van der Waals surface area contributed by atoms with E-state index in [-0.39, 0.29) is 0 Å². The summed E-state index contributed by atoms with van der Waals surface area (Å²) >= 11 is 0. The zero-order chi connectivity index (χ0) is 10.6. The molecule has 0 aliphatic heterocycles. The molecule has 0 bridgehead atoms. The molecule has 1 aliphatic rings. The summed E-state index contributed by atoms with van der Waals surface area (Å²) in [7, 11) is 0. The Hall–Kier alpha value is -0.610.